The van der Waals surface area contributed by atoms with Crippen molar-refractivity contribution in [1.82, 2.24) is 14.5 Å². The fourth-order valence-corrected chi connectivity index (χ4v) is 3.59. The molecule has 2 heterocycles. The molecule has 1 aliphatic carbocycles. The van der Waals surface area contributed by atoms with Crippen molar-refractivity contribution in [2.45, 2.75) is 18.9 Å². The lowest BCUT2D eigenvalue weighted by Gasteiger charge is -2.09. The molecule has 4 aromatic rings. The van der Waals surface area contributed by atoms with Crippen LogP contribution in [0.3, 0.4) is 0 Å². The quantitative estimate of drug-likeness (QED) is 0.511. The summed E-state index contributed by atoms with van der Waals surface area (Å²) in [6.45, 7) is 0. The van der Waals surface area contributed by atoms with E-state index in [-0.39, 0.29) is 0 Å². The Labute approximate surface area is 162 Å². The number of fused-ring (bicyclic) bond motifs is 1. The van der Waals surface area contributed by atoms with E-state index < -0.39 is 0 Å². The molecule has 5 heteroatoms. The summed E-state index contributed by atoms with van der Waals surface area (Å²) in [5.41, 5.74) is 5.63. The number of rotatable bonds is 4. The number of aromatic nitrogens is 3. The van der Waals surface area contributed by atoms with E-state index in [4.69, 9.17) is 9.72 Å². The Kier molecular flexibility index (Phi) is 3.84. The van der Waals surface area contributed by atoms with Crippen LogP contribution in [-0.2, 0) is 0 Å². The summed E-state index contributed by atoms with van der Waals surface area (Å²) in [4.78, 5) is 9.35. The minimum atomic E-state index is 0.439. The molecule has 5 rings (SSSR count). The second-order valence-electron chi connectivity index (χ2n) is 7.05. The van der Waals surface area contributed by atoms with Crippen molar-refractivity contribution < 1.29 is 4.74 Å². The lowest BCUT2D eigenvalue weighted by Crippen LogP contribution is -1.98. The van der Waals surface area contributed by atoms with Crippen LogP contribution in [-0.4, -0.2) is 21.6 Å². The molecular weight excluding hydrogens is 348 g/mol. The molecule has 0 spiro atoms. The van der Waals surface area contributed by atoms with Crippen molar-refractivity contribution in [2.24, 2.45) is 0 Å². The van der Waals surface area contributed by atoms with Crippen molar-refractivity contribution in [3.63, 3.8) is 0 Å². The molecule has 1 saturated carbocycles. The first-order valence-corrected chi connectivity index (χ1v) is 9.29. The zero-order chi connectivity index (χ0) is 19.1. The molecule has 0 atom stereocenters. The van der Waals surface area contributed by atoms with E-state index in [0.29, 0.717) is 11.6 Å². The molecule has 1 aliphatic rings. The Morgan fingerprint density at radius 2 is 1.89 bits per heavy atom. The Morgan fingerprint density at radius 3 is 2.68 bits per heavy atom. The van der Waals surface area contributed by atoms with Crippen LogP contribution in [0.5, 0.6) is 5.75 Å². The van der Waals surface area contributed by atoms with Gasteiger partial charge in [0.1, 0.15) is 11.6 Å². The van der Waals surface area contributed by atoms with Gasteiger partial charge in [0.2, 0.25) is 0 Å². The van der Waals surface area contributed by atoms with Crippen molar-refractivity contribution in [3.8, 4) is 34.3 Å². The predicted molar refractivity (Wildman–Crippen MR) is 108 cm³/mol. The van der Waals surface area contributed by atoms with Gasteiger partial charge in [0.05, 0.1) is 29.8 Å². The van der Waals surface area contributed by atoms with Gasteiger partial charge < -0.3 is 9.30 Å². The smallest absolute Gasteiger partial charge is 0.142 e. The van der Waals surface area contributed by atoms with Gasteiger partial charge in [-0.2, -0.15) is 5.26 Å². The molecule has 2 aromatic heterocycles. The number of benzene rings is 2. The third kappa shape index (κ3) is 2.80. The van der Waals surface area contributed by atoms with Crippen molar-refractivity contribution in [1.29, 1.82) is 5.26 Å². The van der Waals surface area contributed by atoms with Crippen LogP contribution in [0, 0.1) is 11.3 Å². The van der Waals surface area contributed by atoms with Gasteiger partial charge in [-0.3, -0.25) is 4.98 Å². The SMILES string of the molecule is COc1cccc(-c2cncc(-c3nc4ccc(C#N)cc4n3C3CC3)c2)c1. The zero-order valence-electron chi connectivity index (χ0n) is 15.5. The average molecular weight is 366 g/mol. The van der Waals surface area contributed by atoms with Gasteiger partial charge >= 0.3 is 0 Å². The summed E-state index contributed by atoms with van der Waals surface area (Å²) in [6.07, 6.45) is 5.99. The normalized spacial score (nSPS) is 13.4. The van der Waals surface area contributed by atoms with Crippen LogP contribution in [0.2, 0.25) is 0 Å². The summed E-state index contributed by atoms with van der Waals surface area (Å²) >= 11 is 0. The molecule has 0 bridgehead atoms. The molecule has 5 nitrogen and oxygen atoms in total. The summed E-state index contributed by atoms with van der Waals surface area (Å²) in [5, 5.41) is 9.27. The number of hydrogen-bond donors (Lipinski definition) is 0. The highest BCUT2D eigenvalue weighted by atomic mass is 16.5. The van der Waals surface area contributed by atoms with Gasteiger partial charge in [-0.05, 0) is 54.8 Å². The van der Waals surface area contributed by atoms with Crippen molar-refractivity contribution in [3.05, 3.63) is 66.5 Å². The third-order valence-corrected chi connectivity index (χ3v) is 5.13. The molecule has 0 unspecified atom stereocenters. The summed E-state index contributed by atoms with van der Waals surface area (Å²) in [7, 11) is 1.67. The lowest BCUT2D eigenvalue weighted by molar-refractivity contribution is 0.415. The molecule has 2 aromatic carbocycles. The highest BCUT2D eigenvalue weighted by molar-refractivity contribution is 5.83. The maximum Gasteiger partial charge on any atom is 0.142 e. The monoisotopic (exact) mass is 366 g/mol. The number of ether oxygens (including phenoxy) is 1. The van der Waals surface area contributed by atoms with Crippen LogP contribution in [0.4, 0.5) is 0 Å². The first-order chi connectivity index (χ1) is 13.8. The Hall–Kier alpha value is -3.65. The van der Waals surface area contributed by atoms with Crippen LogP contribution < -0.4 is 4.74 Å². The minimum Gasteiger partial charge on any atom is -0.497 e. The van der Waals surface area contributed by atoms with Crippen molar-refractivity contribution >= 4 is 11.0 Å². The average Bonchev–Trinajstić information content (AvgIpc) is 3.53. The maximum absolute atomic E-state index is 9.27. The second-order valence-corrected chi connectivity index (χ2v) is 7.05. The van der Waals surface area contributed by atoms with Crippen LogP contribution >= 0.6 is 0 Å². The predicted octanol–water partition coefficient (Wildman–Crippen LogP) is 4.98. The van der Waals surface area contributed by atoms with Crippen LogP contribution in [0.15, 0.2) is 60.9 Å². The summed E-state index contributed by atoms with van der Waals surface area (Å²) < 4.78 is 7.61. The van der Waals surface area contributed by atoms with Gasteiger partial charge in [-0.1, -0.05) is 12.1 Å². The van der Waals surface area contributed by atoms with Gasteiger partial charge in [0.15, 0.2) is 0 Å². The molecule has 136 valence electrons. The number of pyridine rings is 1. The summed E-state index contributed by atoms with van der Waals surface area (Å²) in [5.74, 6) is 1.72. The molecule has 0 radical (unpaired) electrons. The maximum atomic E-state index is 9.27. The van der Waals surface area contributed by atoms with Crippen LogP contribution in [0.25, 0.3) is 33.5 Å². The number of nitrogens with zero attached hydrogens (tertiary/aromatic N) is 4. The first-order valence-electron chi connectivity index (χ1n) is 9.29. The Bertz CT molecular complexity index is 1230. The van der Waals surface area contributed by atoms with E-state index in [9.17, 15) is 5.26 Å². The minimum absolute atomic E-state index is 0.439. The van der Waals surface area contributed by atoms with Gasteiger partial charge in [0, 0.05) is 29.6 Å². The fraction of sp³-hybridized carbons (Fsp3) is 0.174. The van der Waals surface area contributed by atoms with Gasteiger partial charge in [-0.15, -0.1) is 0 Å². The Balaban J connectivity index is 1.66. The third-order valence-electron chi connectivity index (χ3n) is 5.13. The van der Waals surface area contributed by atoms with Gasteiger partial charge in [-0.25, -0.2) is 4.98 Å². The van der Waals surface area contributed by atoms with E-state index in [1.165, 1.54) is 0 Å². The van der Waals surface area contributed by atoms with Gasteiger partial charge in [0.25, 0.3) is 0 Å². The molecule has 28 heavy (non-hydrogen) atoms. The molecule has 0 amide bonds. The van der Waals surface area contributed by atoms with Crippen LogP contribution in [0.1, 0.15) is 24.4 Å². The molecule has 0 N–H and O–H groups in total. The first kappa shape index (κ1) is 16.5. The van der Waals surface area contributed by atoms with E-state index in [0.717, 1.165) is 52.1 Å². The number of nitriles is 1. The molecule has 0 aliphatic heterocycles. The highest BCUT2D eigenvalue weighted by Crippen LogP contribution is 2.41. The van der Waals surface area contributed by atoms with E-state index in [1.54, 1.807) is 7.11 Å². The fourth-order valence-electron chi connectivity index (χ4n) is 3.59. The highest BCUT2D eigenvalue weighted by Gasteiger charge is 2.29. The number of imidazole rings is 1. The topological polar surface area (TPSA) is 63.7 Å². The molecular formula is C23H18N4O. The molecule has 0 saturated heterocycles. The van der Waals surface area contributed by atoms with E-state index in [2.05, 4.69) is 21.7 Å². The number of hydrogen-bond acceptors (Lipinski definition) is 4. The Morgan fingerprint density at radius 1 is 1.04 bits per heavy atom. The lowest BCUT2D eigenvalue weighted by atomic mass is 10.1. The zero-order valence-corrected chi connectivity index (χ0v) is 15.5. The molecule has 1 fully saturated rings. The standard InChI is InChI=1S/C23H18N4O/c1-28-20-4-2-3-16(11-20)17-10-18(14-25-13-17)23-26-21-8-5-15(12-24)9-22(21)27(23)19-6-7-19/h2-5,8-11,13-14,19H,6-7H2,1H3. The van der Waals surface area contributed by atoms with Crippen molar-refractivity contribution in [2.75, 3.05) is 7.11 Å². The largest absolute Gasteiger partial charge is 0.497 e. The summed E-state index contributed by atoms with van der Waals surface area (Å²) in [6, 6.07) is 18.4. The van der Waals surface area contributed by atoms with E-state index >= 15 is 0 Å². The number of methoxy groups -OCH3 is 1. The van der Waals surface area contributed by atoms with E-state index in [1.807, 2.05) is 54.9 Å². The second kappa shape index (κ2) is 6.50.